The van der Waals surface area contributed by atoms with Crippen molar-refractivity contribution in [3.8, 4) is 0 Å². The number of hydrogen-bond acceptors (Lipinski definition) is 3. The smallest absolute Gasteiger partial charge is 0.238 e. The summed E-state index contributed by atoms with van der Waals surface area (Å²) in [5.41, 5.74) is 3.34. The van der Waals surface area contributed by atoms with Crippen LogP contribution in [0.5, 0.6) is 0 Å². The molecule has 1 fully saturated rings. The van der Waals surface area contributed by atoms with Crippen molar-refractivity contribution in [1.29, 1.82) is 0 Å². The maximum absolute atomic E-state index is 12.7. The predicted octanol–water partition coefficient (Wildman–Crippen LogP) is 2.94. The van der Waals surface area contributed by atoms with Gasteiger partial charge in [-0.15, -0.1) is 0 Å². The fourth-order valence-electron chi connectivity index (χ4n) is 3.44. The highest BCUT2D eigenvalue weighted by molar-refractivity contribution is 7.89. The number of amides is 1. The van der Waals surface area contributed by atoms with Gasteiger partial charge < -0.3 is 4.90 Å². The van der Waals surface area contributed by atoms with E-state index in [1.54, 1.807) is 12.1 Å². The predicted molar refractivity (Wildman–Crippen MR) is 101 cm³/mol. The summed E-state index contributed by atoms with van der Waals surface area (Å²) in [7, 11) is -3.68. The zero-order valence-corrected chi connectivity index (χ0v) is 15.7. The largest absolute Gasteiger partial charge is 0.336 e. The standard InChI is InChI=1S/C20H24N2O3S/c1-15-4-9-17(10-5-15)19-3-2-14-22(19)20(23)13-8-16-6-11-18(12-7-16)26(21,24)25/h4-7,9-12,19H,2-3,8,13-14H2,1H3,(H2,21,24,25). The van der Waals surface area contributed by atoms with Crippen LogP contribution < -0.4 is 5.14 Å². The minimum Gasteiger partial charge on any atom is -0.336 e. The van der Waals surface area contributed by atoms with E-state index in [0.717, 1.165) is 24.9 Å². The first-order chi connectivity index (χ1) is 12.3. The van der Waals surface area contributed by atoms with Gasteiger partial charge in [-0.1, -0.05) is 42.0 Å². The normalized spacial score (nSPS) is 17.5. The third kappa shape index (κ3) is 4.31. The van der Waals surface area contributed by atoms with E-state index in [0.29, 0.717) is 12.8 Å². The van der Waals surface area contributed by atoms with Crippen LogP contribution in [0, 0.1) is 6.92 Å². The Morgan fingerprint density at radius 2 is 1.77 bits per heavy atom. The third-order valence-corrected chi connectivity index (χ3v) is 5.84. The summed E-state index contributed by atoms with van der Waals surface area (Å²) < 4.78 is 22.6. The lowest BCUT2D eigenvalue weighted by Gasteiger charge is -2.25. The molecular weight excluding hydrogens is 348 g/mol. The monoisotopic (exact) mass is 372 g/mol. The molecule has 1 aliphatic heterocycles. The molecule has 1 heterocycles. The second-order valence-corrected chi connectivity index (χ2v) is 8.41. The number of nitrogens with two attached hydrogens (primary N) is 1. The number of benzene rings is 2. The van der Waals surface area contributed by atoms with Gasteiger partial charge in [0.25, 0.3) is 0 Å². The summed E-state index contributed by atoms with van der Waals surface area (Å²) in [5, 5.41) is 5.10. The first kappa shape index (κ1) is 18.6. The number of carbonyl (C=O) groups is 1. The Morgan fingerprint density at radius 1 is 1.12 bits per heavy atom. The zero-order valence-electron chi connectivity index (χ0n) is 14.9. The molecule has 0 aromatic heterocycles. The number of sulfonamides is 1. The fraction of sp³-hybridized carbons (Fsp3) is 0.350. The quantitative estimate of drug-likeness (QED) is 0.876. The summed E-state index contributed by atoms with van der Waals surface area (Å²) in [4.78, 5) is 14.8. The van der Waals surface area contributed by atoms with Crippen LogP contribution in [0.3, 0.4) is 0 Å². The zero-order chi connectivity index (χ0) is 18.7. The lowest BCUT2D eigenvalue weighted by Crippen LogP contribution is -2.30. The molecule has 138 valence electrons. The minimum absolute atomic E-state index is 0.0894. The summed E-state index contributed by atoms with van der Waals surface area (Å²) >= 11 is 0. The summed E-state index contributed by atoms with van der Waals surface area (Å²) in [6.07, 6.45) is 3.02. The SMILES string of the molecule is Cc1ccc(C2CCCN2C(=O)CCc2ccc(S(N)(=O)=O)cc2)cc1. The Balaban J connectivity index is 1.63. The molecular formula is C20H24N2O3S. The molecule has 0 saturated carbocycles. The molecule has 1 unspecified atom stereocenters. The molecule has 2 N–H and O–H groups in total. The highest BCUT2D eigenvalue weighted by Gasteiger charge is 2.29. The molecule has 2 aromatic carbocycles. The van der Waals surface area contributed by atoms with Gasteiger partial charge in [0, 0.05) is 13.0 Å². The topological polar surface area (TPSA) is 80.5 Å². The molecule has 6 heteroatoms. The Kier molecular flexibility index (Phi) is 5.44. The molecule has 0 radical (unpaired) electrons. The van der Waals surface area contributed by atoms with Crippen LogP contribution in [0.15, 0.2) is 53.4 Å². The molecule has 0 spiro atoms. The van der Waals surface area contributed by atoms with E-state index >= 15 is 0 Å². The Bertz CT molecular complexity index is 874. The van der Waals surface area contributed by atoms with Crippen molar-refractivity contribution < 1.29 is 13.2 Å². The fourth-order valence-corrected chi connectivity index (χ4v) is 3.96. The van der Waals surface area contributed by atoms with Crippen molar-refractivity contribution in [2.75, 3.05) is 6.54 Å². The summed E-state index contributed by atoms with van der Waals surface area (Å²) in [6.45, 7) is 2.85. The number of nitrogens with zero attached hydrogens (tertiary/aromatic N) is 1. The van der Waals surface area contributed by atoms with Crippen molar-refractivity contribution in [3.05, 3.63) is 65.2 Å². The second kappa shape index (κ2) is 7.60. The van der Waals surface area contributed by atoms with E-state index in [-0.39, 0.29) is 16.8 Å². The van der Waals surface area contributed by atoms with Gasteiger partial charge in [-0.2, -0.15) is 0 Å². The minimum atomic E-state index is -3.68. The van der Waals surface area contributed by atoms with Crippen molar-refractivity contribution in [2.24, 2.45) is 5.14 Å². The van der Waals surface area contributed by atoms with E-state index in [2.05, 4.69) is 31.2 Å². The van der Waals surface area contributed by atoms with Crippen molar-refractivity contribution in [3.63, 3.8) is 0 Å². The van der Waals surface area contributed by atoms with Gasteiger partial charge in [0.2, 0.25) is 15.9 Å². The maximum atomic E-state index is 12.7. The van der Waals surface area contributed by atoms with Gasteiger partial charge in [-0.25, -0.2) is 13.6 Å². The van der Waals surface area contributed by atoms with Crippen molar-refractivity contribution in [2.45, 2.75) is 43.5 Å². The van der Waals surface area contributed by atoms with Crippen LogP contribution in [0.2, 0.25) is 0 Å². The van der Waals surface area contributed by atoms with E-state index in [4.69, 9.17) is 5.14 Å². The Labute approximate surface area is 154 Å². The maximum Gasteiger partial charge on any atom is 0.238 e. The van der Waals surface area contributed by atoms with Crippen LogP contribution in [0.4, 0.5) is 0 Å². The number of rotatable bonds is 5. The molecule has 5 nitrogen and oxygen atoms in total. The lowest BCUT2D eigenvalue weighted by molar-refractivity contribution is -0.132. The van der Waals surface area contributed by atoms with Gasteiger partial charge in [-0.3, -0.25) is 4.79 Å². The molecule has 0 bridgehead atoms. The number of aryl methyl sites for hydroxylation is 2. The van der Waals surface area contributed by atoms with Gasteiger partial charge >= 0.3 is 0 Å². The average molecular weight is 372 g/mol. The van der Waals surface area contributed by atoms with Crippen LogP contribution >= 0.6 is 0 Å². The highest BCUT2D eigenvalue weighted by atomic mass is 32.2. The first-order valence-electron chi connectivity index (χ1n) is 8.82. The highest BCUT2D eigenvalue weighted by Crippen LogP contribution is 2.32. The number of hydrogen-bond donors (Lipinski definition) is 1. The van der Waals surface area contributed by atoms with E-state index in [9.17, 15) is 13.2 Å². The molecule has 1 atom stereocenters. The van der Waals surface area contributed by atoms with E-state index < -0.39 is 10.0 Å². The van der Waals surface area contributed by atoms with E-state index in [1.165, 1.54) is 23.3 Å². The van der Waals surface area contributed by atoms with Crippen LogP contribution in [-0.4, -0.2) is 25.8 Å². The van der Waals surface area contributed by atoms with Gasteiger partial charge in [0.1, 0.15) is 0 Å². The van der Waals surface area contributed by atoms with Crippen LogP contribution in [0.1, 0.15) is 42.0 Å². The average Bonchev–Trinajstić information content (AvgIpc) is 3.10. The molecule has 1 amide bonds. The van der Waals surface area contributed by atoms with Crippen LogP contribution in [-0.2, 0) is 21.2 Å². The van der Waals surface area contributed by atoms with Crippen molar-refractivity contribution >= 4 is 15.9 Å². The van der Waals surface area contributed by atoms with E-state index in [1.807, 2.05) is 4.90 Å². The van der Waals surface area contributed by atoms with Gasteiger partial charge in [0.15, 0.2) is 0 Å². The lowest BCUT2D eigenvalue weighted by atomic mass is 10.0. The summed E-state index contributed by atoms with van der Waals surface area (Å²) in [5.74, 6) is 0.142. The molecule has 0 aliphatic carbocycles. The summed E-state index contributed by atoms with van der Waals surface area (Å²) in [6, 6.07) is 15.0. The molecule has 1 saturated heterocycles. The Hall–Kier alpha value is -2.18. The number of likely N-dealkylation sites (tertiary alicyclic amines) is 1. The molecule has 3 rings (SSSR count). The first-order valence-corrected chi connectivity index (χ1v) is 10.4. The second-order valence-electron chi connectivity index (χ2n) is 6.84. The van der Waals surface area contributed by atoms with Gasteiger partial charge in [0.05, 0.1) is 10.9 Å². The molecule has 26 heavy (non-hydrogen) atoms. The number of carbonyl (C=O) groups excluding carboxylic acids is 1. The third-order valence-electron chi connectivity index (χ3n) is 4.91. The van der Waals surface area contributed by atoms with Crippen molar-refractivity contribution in [1.82, 2.24) is 4.90 Å². The Morgan fingerprint density at radius 3 is 2.38 bits per heavy atom. The van der Waals surface area contributed by atoms with Crippen LogP contribution in [0.25, 0.3) is 0 Å². The van der Waals surface area contributed by atoms with Gasteiger partial charge in [-0.05, 0) is 49.4 Å². The number of primary sulfonamides is 1. The molecule has 1 aliphatic rings. The molecule has 2 aromatic rings.